The number of carbonyl (C=O) groups excluding carboxylic acids is 1. The Bertz CT molecular complexity index is 214. The summed E-state index contributed by atoms with van der Waals surface area (Å²) in [5.41, 5.74) is 5.90. The average molecular weight is 212 g/mol. The van der Waals surface area contributed by atoms with Gasteiger partial charge in [-0.15, -0.1) is 0 Å². The fourth-order valence-corrected chi connectivity index (χ4v) is 1.64. The fourth-order valence-electron chi connectivity index (χ4n) is 1.64. The van der Waals surface area contributed by atoms with Gasteiger partial charge in [0, 0.05) is 13.6 Å². The molecule has 0 aromatic carbocycles. The van der Waals surface area contributed by atoms with Crippen LogP contribution in [0.25, 0.3) is 0 Å². The normalized spacial score (nSPS) is 19.7. The molecule has 0 heterocycles. The molecule has 1 aliphatic rings. The van der Waals surface area contributed by atoms with Crippen LogP contribution in [0.4, 0.5) is 0 Å². The largest absolute Gasteiger partial charge is 0.344 e. The number of nitrogens with zero attached hydrogens (tertiary/aromatic N) is 1. The number of likely N-dealkylation sites (N-methyl/N-ethyl adjacent to an activating group) is 1. The van der Waals surface area contributed by atoms with E-state index in [1.165, 1.54) is 12.8 Å². The van der Waals surface area contributed by atoms with Crippen LogP contribution in [0.3, 0.4) is 0 Å². The van der Waals surface area contributed by atoms with Gasteiger partial charge in [-0.2, -0.15) is 0 Å². The van der Waals surface area contributed by atoms with Crippen LogP contribution in [0.15, 0.2) is 0 Å². The SMILES string of the molecule is CC[C@@H](C)[C@H](N)C(=O)N(C)CCC1CC1. The molecule has 88 valence electrons. The van der Waals surface area contributed by atoms with Gasteiger partial charge in [0.15, 0.2) is 0 Å². The molecule has 0 aromatic heterocycles. The van der Waals surface area contributed by atoms with Gasteiger partial charge in [-0.25, -0.2) is 0 Å². The summed E-state index contributed by atoms with van der Waals surface area (Å²) in [6.07, 6.45) is 4.80. The second-order valence-corrected chi connectivity index (χ2v) is 4.90. The first kappa shape index (κ1) is 12.5. The van der Waals surface area contributed by atoms with Gasteiger partial charge in [-0.1, -0.05) is 33.1 Å². The van der Waals surface area contributed by atoms with Crippen LogP contribution in [0.2, 0.25) is 0 Å². The summed E-state index contributed by atoms with van der Waals surface area (Å²) in [5, 5.41) is 0. The van der Waals surface area contributed by atoms with E-state index >= 15 is 0 Å². The molecule has 0 radical (unpaired) electrons. The van der Waals surface area contributed by atoms with Crippen molar-refractivity contribution >= 4 is 5.91 Å². The Kier molecular flexibility index (Phi) is 4.58. The number of amides is 1. The van der Waals surface area contributed by atoms with Gasteiger partial charge < -0.3 is 10.6 Å². The molecule has 2 N–H and O–H groups in total. The molecule has 3 heteroatoms. The molecule has 0 bridgehead atoms. The zero-order chi connectivity index (χ0) is 11.4. The third kappa shape index (κ3) is 3.82. The molecule has 0 unspecified atom stereocenters. The number of rotatable bonds is 6. The van der Waals surface area contributed by atoms with Crippen molar-refractivity contribution < 1.29 is 4.79 Å². The van der Waals surface area contributed by atoms with Crippen molar-refractivity contribution in [2.45, 2.75) is 45.6 Å². The predicted octanol–water partition coefficient (Wildman–Crippen LogP) is 1.62. The smallest absolute Gasteiger partial charge is 0.239 e. The van der Waals surface area contributed by atoms with Crippen molar-refractivity contribution in [3.05, 3.63) is 0 Å². The minimum atomic E-state index is -0.320. The van der Waals surface area contributed by atoms with Gasteiger partial charge in [0.25, 0.3) is 0 Å². The first-order valence-electron chi connectivity index (χ1n) is 6.06. The number of carbonyl (C=O) groups is 1. The number of hydrogen-bond donors (Lipinski definition) is 1. The Hall–Kier alpha value is -0.570. The maximum atomic E-state index is 11.9. The molecular weight excluding hydrogens is 188 g/mol. The van der Waals surface area contributed by atoms with Crippen molar-refractivity contribution in [1.82, 2.24) is 4.90 Å². The maximum absolute atomic E-state index is 11.9. The summed E-state index contributed by atoms with van der Waals surface area (Å²) >= 11 is 0. The van der Waals surface area contributed by atoms with E-state index in [9.17, 15) is 4.79 Å². The van der Waals surface area contributed by atoms with Crippen LogP contribution in [0, 0.1) is 11.8 Å². The summed E-state index contributed by atoms with van der Waals surface area (Å²) in [7, 11) is 1.87. The molecule has 1 fully saturated rings. The van der Waals surface area contributed by atoms with Crippen molar-refractivity contribution in [2.75, 3.05) is 13.6 Å². The van der Waals surface area contributed by atoms with Crippen LogP contribution >= 0.6 is 0 Å². The zero-order valence-corrected chi connectivity index (χ0v) is 10.2. The highest BCUT2D eigenvalue weighted by Crippen LogP contribution is 2.32. The van der Waals surface area contributed by atoms with Crippen molar-refractivity contribution in [1.29, 1.82) is 0 Å². The van der Waals surface area contributed by atoms with Gasteiger partial charge in [0.1, 0.15) is 0 Å². The molecule has 3 nitrogen and oxygen atoms in total. The topological polar surface area (TPSA) is 46.3 Å². The van der Waals surface area contributed by atoms with Crippen molar-refractivity contribution in [2.24, 2.45) is 17.6 Å². The Balaban J connectivity index is 2.29. The summed E-state index contributed by atoms with van der Waals surface area (Å²) in [6, 6.07) is -0.320. The van der Waals surface area contributed by atoms with Crippen LogP contribution in [0.5, 0.6) is 0 Å². The highest BCUT2D eigenvalue weighted by molar-refractivity contribution is 5.81. The van der Waals surface area contributed by atoms with E-state index in [0.29, 0.717) is 0 Å². The molecule has 1 saturated carbocycles. The maximum Gasteiger partial charge on any atom is 0.239 e. The second kappa shape index (κ2) is 5.50. The van der Waals surface area contributed by atoms with Gasteiger partial charge in [0.05, 0.1) is 6.04 Å². The lowest BCUT2D eigenvalue weighted by molar-refractivity contribution is -0.132. The lowest BCUT2D eigenvalue weighted by Gasteiger charge is -2.24. The molecule has 1 rings (SSSR count). The minimum absolute atomic E-state index is 0.102. The summed E-state index contributed by atoms with van der Waals surface area (Å²) in [6.45, 7) is 4.98. The number of hydrogen-bond acceptors (Lipinski definition) is 2. The quantitative estimate of drug-likeness (QED) is 0.727. The summed E-state index contributed by atoms with van der Waals surface area (Å²) < 4.78 is 0. The fraction of sp³-hybridized carbons (Fsp3) is 0.917. The Morgan fingerprint density at radius 3 is 2.60 bits per heavy atom. The Labute approximate surface area is 93.0 Å². The lowest BCUT2D eigenvalue weighted by Crippen LogP contribution is -2.45. The standard InChI is InChI=1S/C12H24N2O/c1-4-9(2)11(13)12(15)14(3)8-7-10-5-6-10/h9-11H,4-8,13H2,1-3H3/t9-,11+/m1/s1. The van der Waals surface area contributed by atoms with E-state index in [4.69, 9.17) is 5.73 Å². The molecule has 0 spiro atoms. The predicted molar refractivity (Wildman–Crippen MR) is 62.4 cm³/mol. The van der Waals surface area contributed by atoms with E-state index in [2.05, 4.69) is 6.92 Å². The molecule has 0 aliphatic heterocycles. The zero-order valence-electron chi connectivity index (χ0n) is 10.2. The van der Waals surface area contributed by atoms with E-state index in [-0.39, 0.29) is 17.9 Å². The third-order valence-corrected chi connectivity index (χ3v) is 3.49. The van der Waals surface area contributed by atoms with E-state index in [1.54, 1.807) is 4.90 Å². The van der Waals surface area contributed by atoms with Gasteiger partial charge in [-0.05, 0) is 18.3 Å². The molecule has 2 atom stereocenters. The van der Waals surface area contributed by atoms with Crippen LogP contribution < -0.4 is 5.73 Å². The van der Waals surface area contributed by atoms with Gasteiger partial charge in [-0.3, -0.25) is 4.79 Å². The molecule has 1 amide bonds. The molecule has 1 aliphatic carbocycles. The minimum Gasteiger partial charge on any atom is -0.344 e. The molecule has 0 saturated heterocycles. The van der Waals surface area contributed by atoms with Crippen LogP contribution in [-0.4, -0.2) is 30.4 Å². The third-order valence-electron chi connectivity index (χ3n) is 3.49. The first-order valence-corrected chi connectivity index (χ1v) is 6.06. The lowest BCUT2D eigenvalue weighted by atomic mass is 9.99. The van der Waals surface area contributed by atoms with Gasteiger partial charge >= 0.3 is 0 Å². The molecule has 0 aromatic rings. The molecule has 15 heavy (non-hydrogen) atoms. The highest BCUT2D eigenvalue weighted by Gasteiger charge is 2.25. The second-order valence-electron chi connectivity index (χ2n) is 4.90. The Morgan fingerprint density at radius 1 is 1.53 bits per heavy atom. The summed E-state index contributed by atoms with van der Waals surface area (Å²) in [4.78, 5) is 13.7. The number of nitrogens with two attached hydrogens (primary N) is 1. The highest BCUT2D eigenvalue weighted by atomic mass is 16.2. The van der Waals surface area contributed by atoms with E-state index in [1.807, 2.05) is 14.0 Å². The van der Waals surface area contributed by atoms with E-state index in [0.717, 1.165) is 25.3 Å². The monoisotopic (exact) mass is 212 g/mol. The Morgan fingerprint density at radius 2 is 2.13 bits per heavy atom. The van der Waals surface area contributed by atoms with Crippen molar-refractivity contribution in [3.8, 4) is 0 Å². The van der Waals surface area contributed by atoms with E-state index < -0.39 is 0 Å². The first-order chi connectivity index (χ1) is 7.06. The average Bonchev–Trinajstić information content (AvgIpc) is 3.06. The van der Waals surface area contributed by atoms with Crippen LogP contribution in [0.1, 0.15) is 39.5 Å². The van der Waals surface area contributed by atoms with Crippen LogP contribution in [-0.2, 0) is 4.79 Å². The molecular formula is C12H24N2O. The van der Waals surface area contributed by atoms with Crippen molar-refractivity contribution in [3.63, 3.8) is 0 Å². The van der Waals surface area contributed by atoms with Gasteiger partial charge in [0.2, 0.25) is 5.91 Å². The summed E-state index contributed by atoms with van der Waals surface area (Å²) in [5.74, 6) is 1.26.